The lowest BCUT2D eigenvalue weighted by Crippen LogP contribution is -2.41. The number of nitro groups is 1. The molecule has 0 aromatic carbocycles. The van der Waals surface area contributed by atoms with E-state index in [9.17, 15) is 10.1 Å². The van der Waals surface area contributed by atoms with Gasteiger partial charge in [-0.05, 0) is 23.1 Å². The smallest absolute Gasteiger partial charge is 0.415 e. The van der Waals surface area contributed by atoms with Gasteiger partial charge in [0.25, 0.3) is 0 Å². The van der Waals surface area contributed by atoms with E-state index in [0.717, 1.165) is 0 Å². The molecule has 0 saturated heterocycles. The summed E-state index contributed by atoms with van der Waals surface area (Å²) in [4.78, 5) is 13.4. The zero-order chi connectivity index (χ0) is 14.0. The quantitative estimate of drug-likeness (QED) is 0.466. The van der Waals surface area contributed by atoms with E-state index < -0.39 is 13.2 Å². The third kappa shape index (κ3) is 3.60. The van der Waals surface area contributed by atoms with Gasteiger partial charge in [-0.3, -0.25) is 0 Å². The molecule has 7 nitrogen and oxygen atoms in total. The summed E-state index contributed by atoms with van der Waals surface area (Å²) in [6, 6.07) is 0. The van der Waals surface area contributed by atoms with Gasteiger partial charge in [0.05, 0.1) is 13.2 Å². The second kappa shape index (κ2) is 5.15. The van der Waals surface area contributed by atoms with E-state index in [1.807, 2.05) is 0 Å². The number of nitrogens with zero attached hydrogens (tertiary/aromatic N) is 4. The van der Waals surface area contributed by atoms with E-state index >= 15 is 0 Å². The van der Waals surface area contributed by atoms with Gasteiger partial charge in [0.15, 0.2) is 8.32 Å². The first-order chi connectivity index (χ1) is 8.13. The van der Waals surface area contributed by atoms with Gasteiger partial charge in [-0.1, -0.05) is 25.8 Å². The third-order valence-corrected chi connectivity index (χ3v) is 7.82. The molecule has 0 saturated carbocycles. The molecule has 0 amide bonds. The van der Waals surface area contributed by atoms with E-state index in [1.54, 1.807) is 0 Å². The number of aromatic nitrogens is 3. The van der Waals surface area contributed by atoms with Crippen molar-refractivity contribution in [2.24, 2.45) is 0 Å². The molecule has 0 aliphatic rings. The van der Waals surface area contributed by atoms with Gasteiger partial charge in [-0.15, -0.1) is 0 Å². The Morgan fingerprint density at radius 2 is 2.11 bits per heavy atom. The second-order valence-electron chi connectivity index (χ2n) is 5.67. The lowest BCUT2D eigenvalue weighted by molar-refractivity contribution is -0.394. The maximum Gasteiger partial charge on any atom is 0.490 e. The maximum absolute atomic E-state index is 10.4. The molecular formula is C10H20N4O3Si. The summed E-state index contributed by atoms with van der Waals surface area (Å²) in [5.74, 6) is -0.373. The van der Waals surface area contributed by atoms with Gasteiger partial charge < -0.3 is 14.5 Å². The van der Waals surface area contributed by atoms with Crippen LogP contribution in [0.15, 0.2) is 6.33 Å². The highest BCUT2D eigenvalue weighted by Crippen LogP contribution is 2.36. The molecular weight excluding hydrogens is 252 g/mol. The molecule has 1 aromatic rings. The molecule has 1 rings (SSSR count). The van der Waals surface area contributed by atoms with Crippen molar-refractivity contribution in [3.8, 4) is 0 Å². The Bertz CT molecular complexity index is 425. The molecule has 0 unspecified atom stereocenters. The van der Waals surface area contributed by atoms with Gasteiger partial charge >= 0.3 is 5.95 Å². The van der Waals surface area contributed by atoms with Crippen LogP contribution in [0.2, 0.25) is 18.1 Å². The fourth-order valence-corrected chi connectivity index (χ4v) is 2.12. The number of hydrogen-bond acceptors (Lipinski definition) is 5. The van der Waals surface area contributed by atoms with Crippen LogP contribution in [-0.2, 0) is 11.0 Å². The Labute approximate surface area is 107 Å². The van der Waals surface area contributed by atoms with Gasteiger partial charge in [0.2, 0.25) is 6.33 Å². The maximum atomic E-state index is 10.4. The zero-order valence-electron chi connectivity index (χ0n) is 11.5. The van der Waals surface area contributed by atoms with Crippen LogP contribution in [0.5, 0.6) is 0 Å². The molecule has 0 N–H and O–H groups in total. The minimum Gasteiger partial charge on any atom is -0.415 e. The first-order valence-electron chi connectivity index (χ1n) is 5.81. The summed E-state index contributed by atoms with van der Waals surface area (Å²) in [5.41, 5.74) is 0. The van der Waals surface area contributed by atoms with Crippen molar-refractivity contribution >= 4 is 14.3 Å². The largest absolute Gasteiger partial charge is 0.490 e. The van der Waals surface area contributed by atoms with E-state index in [4.69, 9.17) is 4.43 Å². The Hall–Kier alpha value is -1.28. The Kier molecular flexibility index (Phi) is 4.23. The Morgan fingerprint density at radius 1 is 1.50 bits per heavy atom. The molecule has 0 aliphatic carbocycles. The van der Waals surface area contributed by atoms with Crippen LogP contribution in [0.25, 0.3) is 0 Å². The summed E-state index contributed by atoms with van der Waals surface area (Å²) in [6.45, 7) is 11.8. The molecule has 1 heterocycles. The molecule has 0 atom stereocenters. The highest BCUT2D eigenvalue weighted by Gasteiger charge is 2.36. The van der Waals surface area contributed by atoms with E-state index in [2.05, 4.69) is 43.9 Å². The Morgan fingerprint density at radius 3 is 2.56 bits per heavy atom. The normalized spacial score (nSPS) is 12.7. The predicted molar refractivity (Wildman–Crippen MR) is 69.8 cm³/mol. The monoisotopic (exact) mass is 272 g/mol. The molecule has 0 aliphatic heterocycles. The highest BCUT2D eigenvalue weighted by molar-refractivity contribution is 6.74. The fourth-order valence-electron chi connectivity index (χ4n) is 1.09. The van der Waals surface area contributed by atoms with E-state index in [1.165, 1.54) is 11.0 Å². The van der Waals surface area contributed by atoms with E-state index in [-0.39, 0.29) is 11.0 Å². The molecule has 0 fully saturated rings. The average molecular weight is 272 g/mol. The number of hydrogen-bond donors (Lipinski definition) is 0. The van der Waals surface area contributed by atoms with Gasteiger partial charge in [-0.25, -0.2) is 0 Å². The van der Waals surface area contributed by atoms with Crippen molar-refractivity contribution in [1.29, 1.82) is 0 Å². The summed E-state index contributed by atoms with van der Waals surface area (Å²) in [5, 5.41) is 14.3. The van der Waals surface area contributed by atoms with Crippen molar-refractivity contribution in [2.45, 2.75) is 45.4 Å². The molecule has 1 aromatic heterocycles. The minimum atomic E-state index is -1.77. The van der Waals surface area contributed by atoms with Crippen molar-refractivity contribution in [3.05, 3.63) is 16.4 Å². The summed E-state index contributed by atoms with van der Waals surface area (Å²) >= 11 is 0. The molecule has 8 heteroatoms. The van der Waals surface area contributed by atoms with Crippen LogP contribution in [0.3, 0.4) is 0 Å². The topological polar surface area (TPSA) is 83.1 Å². The molecule has 18 heavy (non-hydrogen) atoms. The van der Waals surface area contributed by atoms with Crippen molar-refractivity contribution in [3.63, 3.8) is 0 Å². The zero-order valence-corrected chi connectivity index (χ0v) is 12.5. The highest BCUT2D eigenvalue weighted by atomic mass is 28.4. The molecule has 0 bridgehead atoms. The minimum absolute atomic E-state index is 0.154. The first kappa shape index (κ1) is 14.8. The lowest BCUT2D eigenvalue weighted by Gasteiger charge is -2.36. The van der Waals surface area contributed by atoms with Crippen LogP contribution < -0.4 is 0 Å². The second-order valence-corrected chi connectivity index (χ2v) is 10.5. The summed E-state index contributed by atoms with van der Waals surface area (Å²) in [7, 11) is -1.77. The molecule has 0 radical (unpaired) electrons. The van der Waals surface area contributed by atoms with Crippen LogP contribution >= 0.6 is 0 Å². The fraction of sp³-hybridized carbons (Fsp3) is 0.800. The van der Waals surface area contributed by atoms with Crippen LogP contribution in [0, 0.1) is 10.1 Å². The summed E-state index contributed by atoms with van der Waals surface area (Å²) < 4.78 is 7.38. The predicted octanol–water partition coefficient (Wildman–Crippen LogP) is 2.21. The van der Waals surface area contributed by atoms with Gasteiger partial charge in [0, 0.05) is 5.10 Å². The van der Waals surface area contributed by atoms with Gasteiger partial charge in [-0.2, -0.15) is 4.68 Å². The van der Waals surface area contributed by atoms with Crippen LogP contribution in [-0.4, -0.2) is 34.6 Å². The van der Waals surface area contributed by atoms with Crippen molar-refractivity contribution < 1.29 is 9.35 Å². The van der Waals surface area contributed by atoms with E-state index in [0.29, 0.717) is 13.2 Å². The lowest BCUT2D eigenvalue weighted by atomic mass is 10.2. The van der Waals surface area contributed by atoms with Crippen LogP contribution in [0.1, 0.15) is 20.8 Å². The first-order valence-corrected chi connectivity index (χ1v) is 8.72. The molecule has 0 spiro atoms. The SMILES string of the molecule is CC(C)(C)[Si](C)(C)OCCn1cnc([N+](=O)[O-])n1. The average Bonchev–Trinajstić information content (AvgIpc) is 2.64. The van der Waals surface area contributed by atoms with Crippen LogP contribution in [0.4, 0.5) is 5.95 Å². The molecule has 102 valence electrons. The Balaban J connectivity index is 2.49. The van der Waals surface area contributed by atoms with Gasteiger partial charge in [0.1, 0.15) is 0 Å². The third-order valence-electron chi connectivity index (χ3n) is 3.28. The van der Waals surface area contributed by atoms with Crippen molar-refractivity contribution in [2.75, 3.05) is 6.61 Å². The van der Waals surface area contributed by atoms with Crippen molar-refractivity contribution in [1.82, 2.24) is 14.8 Å². The summed E-state index contributed by atoms with van der Waals surface area (Å²) in [6.07, 6.45) is 1.35. The standard InChI is InChI=1S/C10H20N4O3Si/c1-10(2,3)18(4,5)17-7-6-13-8-11-9(12-13)14(15)16/h8H,6-7H2,1-5H3. The number of rotatable bonds is 5.